The molecule has 0 radical (unpaired) electrons. The Bertz CT molecular complexity index is 382. The predicted molar refractivity (Wildman–Crippen MR) is 49.5 cm³/mol. The molecule has 0 bridgehead atoms. The summed E-state index contributed by atoms with van der Waals surface area (Å²) in [4.78, 5) is 4.01. The molecular weight excluding hydrogens is 190 g/mol. The molecule has 0 aromatic carbocycles. The van der Waals surface area contributed by atoms with Crippen LogP contribution in [0.2, 0.25) is 0 Å². The van der Waals surface area contributed by atoms with Gasteiger partial charge in [-0.25, -0.2) is 18.5 Å². The molecule has 1 heterocycles. The van der Waals surface area contributed by atoms with E-state index < -0.39 is 15.3 Å². The van der Waals surface area contributed by atoms with E-state index in [1.54, 1.807) is 24.0 Å². The Labute approximate surface area is 77.6 Å². The second-order valence-corrected chi connectivity index (χ2v) is 5.12. The van der Waals surface area contributed by atoms with Crippen LogP contribution < -0.4 is 5.14 Å². The number of sulfonamides is 1. The van der Waals surface area contributed by atoms with Crippen LogP contribution in [-0.2, 0) is 23.5 Å². The number of hydrogen-bond donors (Lipinski definition) is 1. The summed E-state index contributed by atoms with van der Waals surface area (Å²) in [6.07, 6.45) is 3.77. The summed E-state index contributed by atoms with van der Waals surface area (Å²) in [6, 6.07) is 0. The highest BCUT2D eigenvalue weighted by Gasteiger charge is 2.16. The molecule has 0 amide bonds. The number of imidazole rings is 1. The number of nitrogens with zero attached hydrogens (tertiary/aromatic N) is 2. The van der Waals surface area contributed by atoms with E-state index in [0.29, 0.717) is 6.42 Å². The van der Waals surface area contributed by atoms with E-state index in [1.165, 1.54) is 0 Å². The minimum absolute atomic E-state index is 0.361. The highest BCUT2D eigenvalue weighted by molar-refractivity contribution is 7.89. The molecule has 13 heavy (non-hydrogen) atoms. The number of aromatic nitrogens is 2. The average molecular weight is 203 g/mol. The molecule has 6 heteroatoms. The minimum Gasteiger partial charge on any atom is -0.340 e. The molecule has 0 saturated carbocycles. The van der Waals surface area contributed by atoms with Gasteiger partial charge in [-0.05, 0) is 6.92 Å². The lowest BCUT2D eigenvalue weighted by Crippen LogP contribution is -2.27. The molecule has 1 unspecified atom stereocenters. The average Bonchev–Trinajstić information content (AvgIpc) is 2.33. The van der Waals surface area contributed by atoms with Crippen molar-refractivity contribution in [2.45, 2.75) is 18.6 Å². The van der Waals surface area contributed by atoms with E-state index in [1.807, 2.05) is 7.05 Å². The lowest BCUT2D eigenvalue weighted by molar-refractivity contribution is 0.583. The molecule has 0 spiro atoms. The maximum absolute atomic E-state index is 10.9. The van der Waals surface area contributed by atoms with Crippen LogP contribution in [-0.4, -0.2) is 23.2 Å². The molecule has 0 fully saturated rings. The zero-order chi connectivity index (χ0) is 10.1. The van der Waals surface area contributed by atoms with E-state index in [-0.39, 0.29) is 0 Å². The van der Waals surface area contributed by atoms with Gasteiger partial charge in [-0.3, -0.25) is 0 Å². The number of primary sulfonamides is 1. The lowest BCUT2D eigenvalue weighted by Gasteiger charge is -2.05. The highest BCUT2D eigenvalue weighted by atomic mass is 32.2. The Morgan fingerprint density at radius 2 is 2.31 bits per heavy atom. The highest BCUT2D eigenvalue weighted by Crippen LogP contribution is 2.04. The van der Waals surface area contributed by atoms with Gasteiger partial charge in [-0.2, -0.15) is 0 Å². The van der Waals surface area contributed by atoms with E-state index >= 15 is 0 Å². The summed E-state index contributed by atoms with van der Waals surface area (Å²) in [5, 5.41) is 4.39. The summed E-state index contributed by atoms with van der Waals surface area (Å²) in [5.41, 5.74) is 0.740. The van der Waals surface area contributed by atoms with Crippen LogP contribution in [0, 0.1) is 0 Å². The maximum atomic E-state index is 10.9. The van der Waals surface area contributed by atoms with Crippen molar-refractivity contribution >= 4 is 10.0 Å². The van der Waals surface area contributed by atoms with Gasteiger partial charge >= 0.3 is 0 Å². The van der Waals surface area contributed by atoms with Gasteiger partial charge in [-0.15, -0.1) is 0 Å². The van der Waals surface area contributed by atoms with Crippen LogP contribution in [0.15, 0.2) is 12.5 Å². The molecular formula is C7H13N3O2S. The van der Waals surface area contributed by atoms with E-state index in [9.17, 15) is 8.42 Å². The molecule has 74 valence electrons. The van der Waals surface area contributed by atoms with Crippen LogP contribution >= 0.6 is 0 Å². The predicted octanol–water partition coefficient (Wildman–Crippen LogP) is -0.360. The molecule has 1 rings (SSSR count). The van der Waals surface area contributed by atoms with Crippen LogP contribution in [0.3, 0.4) is 0 Å². The van der Waals surface area contributed by atoms with Crippen LogP contribution in [0.25, 0.3) is 0 Å². The smallest absolute Gasteiger partial charge is 0.212 e. The number of rotatable bonds is 3. The first kappa shape index (κ1) is 10.2. The Morgan fingerprint density at radius 3 is 2.69 bits per heavy atom. The summed E-state index contributed by atoms with van der Waals surface area (Å²) in [5.74, 6) is 0. The van der Waals surface area contributed by atoms with Crippen molar-refractivity contribution in [1.29, 1.82) is 0 Å². The van der Waals surface area contributed by atoms with Crippen molar-refractivity contribution in [3.05, 3.63) is 18.2 Å². The van der Waals surface area contributed by atoms with Crippen molar-refractivity contribution in [3.63, 3.8) is 0 Å². The molecule has 1 aromatic rings. The molecule has 0 saturated heterocycles. The van der Waals surface area contributed by atoms with E-state index in [4.69, 9.17) is 5.14 Å². The molecule has 5 nitrogen and oxygen atoms in total. The molecule has 0 aliphatic rings. The van der Waals surface area contributed by atoms with Crippen molar-refractivity contribution < 1.29 is 8.42 Å². The first-order valence-corrected chi connectivity index (χ1v) is 5.49. The fourth-order valence-corrected chi connectivity index (χ4v) is 1.39. The monoisotopic (exact) mass is 203 g/mol. The molecule has 2 N–H and O–H groups in total. The fourth-order valence-electron chi connectivity index (χ4n) is 0.983. The van der Waals surface area contributed by atoms with Gasteiger partial charge in [0.1, 0.15) is 0 Å². The normalized spacial score (nSPS) is 14.4. The summed E-state index contributed by atoms with van der Waals surface area (Å²) < 4.78 is 23.5. The van der Waals surface area contributed by atoms with E-state index in [2.05, 4.69) is 4.98 Å². The first-order chi connectivity index (χ1) is 5.89. The third-order valence-corrected chi connectivity index (χ3v) is 3.10. The molecule has 0 aliphatic heterocycles. The van der Waals surface area contributed by atoms with Gasteiger partial charge in [0.2, 0.25) is 10.0 Å². The Balaban J connectivity index is 2.71. The van der Waals surface area contributed by atoms with Gasteiger partial charge in [0, 0.05) is 19.7 Å². The second kappa shape index (κ2) is 3.47. The Hall–Kier alpha value is -0.880. The fraction of sp³-hybridized carbons (Fsp3) is 0.571. The SMILES string of the molecule is CC(Cc1cn(C)cn1)S(N)(=O)=O. The van der Waals surface area contributed by atoms with E-state index in [0.717, 1.165) is 5.69 Å². The van der Waals surface area contributed by atoms with Crippen LogP contribution in [0.1, 0.15) is 12.6 Å². The van der Waals surface area contributed by atoms with Gasteiger partial charge in [0.15, 0.2) is 0 Å². The second-order valence-electron chi connectivity index (χ2n) is 3.13. The Kier molecular flexibility index (Phi) is 2.72. The first-order valence-electron chi connectivity index (χ1n) is 3.88. The third kappa shape index (κ3) is 2.82. The molecule has 0 aliphatic carbocycles. The minimum atomic E-state index is -3.44. The van der Waals surface area contributed by atoms with Crippen molar-refractivity contribution in [1.82, 2.24) is 9.55 Å². The summed E-state index contributed by atoms with van der Waals surface area (Å²) in [6.45, 7) is 1.57. The number of aryl methyl sites for hydroxylation is 1. The van der Waals surface area contributed by atoms with Crippen molar-refractivity contribution in [2.75, 3.05) is 0 Å². The van der Waals surface area contributed by atoms with Crippen LogP contribution in [0.4, 0.5) is 0 Å². The number of hydrogen-bond acceptors (Lipinski definition) is 3. The van der Waals surface area contributed by atoms with Crippen molar-refractivity contribution in [2.24, 2.45) is 12.2 Å². The van der Waals surface area contributed by atoms with Gasteiger partial charge in [0.25, 0.3) is 0 Å². The maximum Gasteiger partial charge on any atom is 0.212 e. The molecule has 1 aromatic heterocycles. The topological polar surface area (TPSA) is 78.0 Å². The Morgan fingerprint density at radius 1 is 1.69 bits per heavy atom. The summed E-state index contributed by atoms with van der Waals surface area (Å²) >= 11 is 0. The standard InChI is InChI=1S/C7H13N3O2S/c1-6(13(8,11)12)3-7-4-10(2)5-9-7/h4-6H,3H2,1-2H3,(H2,8,11,12). The zero-order valence-corrected chi connectivity index (χ0v) is 8.45. The largest absolute Gasteiger partial charge is 0.340 e. The quantitative estimate of drug-likeness (QED) is 0.728. The zero-order valence-electron chi connectivity index (χ0n) is 7.64. The lowest BCUT2D eigenvalue weighted by atomic mass is 10.3. The van der Waals surface area contributed by atoms with Gasteiger partial charge in [-0.1, -0.05) is 0 Å². The van der Waals surface area contributed by atoms with Crippen molar-refractivity contribution in [3.8, 4) is 0 Å². The van der Waals surface area contributed by atoms with Gasteiger partial charge in [0.05, 0.1) is 17.3 Å². The number of nitrogens with two attached hydrogens (primary N) is 1. The van der Waals surface area contributed by atoms with Crippen LogP contribution in [0.5, 0.6) is 0 Å². The third-order valence-electron chi connectivity index (χ3n) is 1.82. The van der Waals surface area contributed by atoms with Gasteiger partial charge < -0.3 is 4.57 Å². The summed E-state index contributed by atoms with van der Waals surface area (Å²) in [7, 11) is -1.61. The molecule has 1 atom stereocenters.